The summed E-state index contributed by atoms with van der Waals surface area (Å²) in [7, 11) is 0. The fourth-order valence-corrected chi connectivity index (χ4v) is 1.63. The van der Waals surface area contributed by atoms with E-state index in [0.29, 0.717) is 12.4 Å². The molecule has 0 amide bonds. The lowest BCUT2D eigenvalue weighted by atomic mass is 10.1. The second kappa shape index (κ2) is 6.48. The minimum atomic E-state index is -0.288. The normalized spacial score (nSPS) is 12.5. The second-order valence-electron chi connectivity index (χ2n) is 3.77. The minimum Gasteiger partial charge on any atom is -0.490 e. The molecule has 0 aliphatic rings. The largest absolute Gasteiger partial charge is 0.490 e. The van der Waals surface area contributed by atoms with E-state index in [1.165, 1.54) is 6.07 Å². The van der Waals surface area contributed by atoms with Crippen LogP contribution in [0, 0.1) is 5.82 Å². The summed E-state index contributed by atoms with van der Waals surface area (Å²) in [6.07, 6.45) is 1.06. The van der Waals surface area contributed by atoms with Crippen LogP contribution in [0.15, 0.2) is 18.2 Å². The van der Waals surface area contributed by atoms with Crippen molar-refractivity contribution in [2.24, 2.45) is 0 Å². The highest BCUT2D eigenvalue weighted by atomic mass is 19.1. The number of nitrogens with one attached hydrogen (secondary N) is 1. The van der Waals surface area contributed by atoms with E-state index in [0.717, 1.165) is 18.5 Å². The molecule has 0 saturated heterocycles. The van der Waals surface area contributed by atoms with Gasteiger partial charge in [0.1, 0.15) is 0 Å². The predicted molar refractivity (Wildman–Crippen MR) is 64.3 cm³/mol. The molecule has 0 aliphatic carbocycles. The highest BCUT2D eigenvalue weighted by molar-refractivity contribution is 5.37. The molecule has 0 bridgehead atoms. The number of rotatable bonds is 6. The Morgan fingerprint density at radius 1 is 1.38 bits per heavy atom. The fraction of sp³-hybridized carbons (Fsp3) is 0.538. The van der Waals surface area contributed by atoms with E-state index in [1.54, 1.807) is 6.07 Å². The SMILES string of the molecule is CCCNC(C)c1cccc(F)c1OCC. The van der Waals surface area contributed by atoms with Gasteiger partial charge in [-0.3, -0.25) is 0 Å². The number of para-hydroxylation sites is 1. The highest BCUT2D eigenvalue weighted by Crippen LogP contribution is 2.28. The molecule has 1 atom stereocenters. The van der Waals surface area contributed by atoms with E-state index in [9.17, 15) is 4.39 Å². The van der Waals surface area contributed by atoms with Crippen LogP contribution >= 0.6 is 0 Å². The molecule has 0 saturated carbocycles. The van der Waals surface area contributed by atoms with E-state index in [-0.39, 0.29) is 11.9 Å². The average molecular weight is 225 g/mol. The van der Waals surface area contributed by atoms with Gasteiger partial charge in [0.05, 0.1) is 6.61 Å². The van der Waals surface area contributed by atoms with Gasteiger partial charge in [0.2, 0.25) is 0 Å². The summed E-state index contributed by atoms with van der Waals surface area (Å²) in [4.78, 5) is 0. The lowest BCUT2D eigenvalue weighted by Gasteiger charge is -2.18. The molecule has 1 aromatic carbocycles. The van der Waals surface area contributed by atoms with Crippen LogP contribution in [-0.2, 0) is 0 Å². The Hall–Kier alpha value is -1.09. The van der Waals surface area contributed by atoms with Crippen LogP contribution in [0.2, 0.25) is 0 Å². The molecule has 0 fully saturated rings. The Balaban J connectivity index is 2.88. The van der Waals surface area contributed by atoms with Crippen molar-refractivity contribution in [1.29, 1.82) is 0 Å². The molecule has 3 heteroatoms. The summed E-state index contributed by atoms with van der Waals surface area (Å²) in [5.74, 6) is 0.0885. The molecular weight excluding hydrogens is 205 g/mol. The number of ether oxygens (including phenoxy) is 1. The second-order valence-corrected chi connectivity index (χ2v) is 3.77. The van der Waals surface area contributed by atoms with Crippen LogP contribution in [0.4, 0.5) is 4.39 Å². The van der Waals surface area contributed by atoms with Crippen LogP contribution in [0.25, 0.3) is 0 Å². The first kappa shape index (κ1) is 13.0. The van der Waals surface area contributed by atoms with Crippen LogP contribution in [0.5, 0.6) is 5.75 Å². The lowest BCUT2D eigenvalue weighted by molar-refractivity contribution is 0.313. The third-order valence-electron chi connectivity index (χ3n) is 2.45. The predicted octanol–water partition coefficient (Wildman–Crippen LogP) is 3.29. The first-order valence-electron chi connectivity index (χ1n) is 5.85. The van der Waals surface area contributed by atoms with Gasteiger partial charge in [0.25, 0.3) is 0 Å². The van der Waals surface area contributed by atoms with Crippen molar-refractivity contribution in [2.75, 3.05) is 13.2 Å². The van der Waals surface area contributed by atoms with E-state index in [1.807, 2.05) is 19.9 Å². The molecule has 1 unspecified atom stereocenters. The summed E-state index contributed by atoms with van der Waals surface area (Å²) in [6.45, 7) is 7.39. The average Bonchev–Trinajstić information content (AvgIpc) is 2.29. The molecular formula is C13H20FNO. The highest BCUT2D eigenvalue weighted by Gasteiger charge is 2.14. The first-order valence-corrected chi connectivity index (χ1v) is 5.85. The van der Waals surface area contributed by atoms with E-state index < -0.39 is 0 Å². The molecule has 0 aromatic heterocycles. The van der Waals surface area contributed by atoms with Gasteiger partial charge in [-0.2, -0.15) is 0 Å². The maximum absolute atomic E-state index is 13.6. The molecule has 0 aliphatic heterocycles. The van der Waals surface area contributed by atoms with Crippen LogP contribution < -0.4 is 10.1 Å². The number of benzene rings is 1. The maximum Gasteiger partial charge on any atom is 0.165 e. The zero-order valence-corrected chi connectivity index (χ0v) is 10.2. The van der Waals surface area contributed by atoms with Gasteiger partial charge in [0, 0.05) is 11.6 Å². The Labute approximate surface area is 96.8 Å². The monoisotopic (exact) mass is 225 g/mol. The molecule has 90 valence electrons. The lowest BCUT2D eigenvalue weighted by Crippen LogP contribution is -2.20. The number of hydrogen-bond acceptors (Lipinski definition) is 2. The summed E-state index contributed by atoms with van der Waals surface area (Å²) in [5, 5.41) is 3.33. The molecule has 0 spiro atoms. The van der Waals surface area contributed by atoms with Gasteiger partial charge in [-0.1, -0.05) is 19.1 Å². The van der Waals surface area contributed by atoms with Gasteiger partial charge in [-0.05, 0) is 32.9 Å². The van der Waals surface area contributed by atoms with Crippen molar-refractivity contribution in [3.05, 3.63) is 29.6 Å². The van der Waals surface area contributed by atoms with Gasteiger partial charge in [-0.15, -0.1) is 0 Å². The minimum absolute atomic E-state index is 0.109. The molecule has 2 nitrogen and oxygen atoms in total. The van der Waals surface area contributed by atoms with E-state index in [2.05, 4.69) is 12.2 Å². The van der Waals surface area contributed by atoms with Crippen LogP contribution in [0.3, 0.4) is 0 Å². The van der Waals surface area contributed by atoms with Crippen LogP contribution in [0.1, 0.15) is 38.8 Å². The summed E-state index contributed by atoms with van der Waals surface area (Å²) < 4.78 is 18.9. The third-order valence-corrected chi connectivity index (χ3v) is 2.45. The molecule has 16 heavy (non-hydrogen) atoms. The summed E-state index contributed by atoms with van der Waals surface area (Å²) in [6, 6.07) is 5.16. The van der Waals surface area contributed by atoms with Crippen molar-refractivity contribution in [2.45, 2.75) is 33.2 Å². The third kappa shape index (κ3) is 3.20. The molecule has 1 rings (SSSR count). The zero-order valence-electron chi connectivity index (χ0n) is 10.2. The zero-order chi connectivity index (χ0) is 12.0. The molecule has 0 heterocycles. The van der Waals surface area contributed by atoms with E-state index in [4.69, 9.17) is 4.74 Å². The number of halogens is 1. The standard InChI is InChI=1S/C13H20FNO/c1-4-9-15-10(3)11-7-6-8-12(14)13(11)16-5-2/h6-8,10,15H,4-5,9H2,1-3H3. The Morgan fingerprint density at radius 2 is 2.12 bits per heavy atom. The van der Waals surface area contributed by atoms with Gasteiger partial charge >= 0.3 is 0 Å². The quantitative estimate of drug-likeness (QED) is 0.802. The Morgan fingerprint density at radius 3 is 2.75 bits per heavy atom. The first-order chi connectivity index (χ1) is 7.70. The topological polar surface area (TPSA) is 21.3 Å². The van der Waals surface area contributed by atoms with Crippen molar-refractivity contribution >= 4 is 0 Å². The van der Waals surface area contributed by atoms with E-state index >= 15 is 0 Å². The Bertz CT molecular complexity index is 328. The smallest absolute Gasteiger partial charge is 0.165 e. The molecule has 1 aromatic rings. The van der Waals surface area contributed by atoms with Gasteiger partial charge in [-0.25, -0.2) is 4.39 Å². The molecule has 1 N–H and O–H groups in total. The number of hydrogen-bond donors (Lipinski definition) is 1. The van der Waals surface area contributed by atoms with Crippen molar-refractivity contribution in [3.8, 4) is 5.75 Å². The van der Waals surface area contributed by atoms with Crippen LogP contribution in [-0.4, -0.2) is 13.2 Å². The van der Waals surface area contributed by atoms with Crippen molar-refractivity contribution in [1.82, 2.24) is 5.32 Å². The van der Waals surface area contributed by atoms with Gasteiger partial charge in [0.15, 0.2) is 11.6 Å². The van der Waals surface area contributed by atoms with Crippen molar-refractivity contribution in [3.63, 3.8) is 0 Å². The summed E-state index contributed by atoms with van der Waals surface area (Å²) in [5.41, 5.74) is 0.885. The maximum atomic E-state index is 13.6. The summed E-state index contributed by atoms with van der Waals surface area (Å²) >= 11 is 0. The Kier molecular flexibility index (Phi) is 5.26. The van der Waals surface area contributed by atoms with Gasteiger partial charge < -0.3 is 10.1 Å². The fourth-order valence-electron chi connectivity index (χ4n) is 1.63. The van der Waals surface area contributed by atoms with Crippen molar-refractivity contribution < 1.29 is 9.13 Å². The molecule has 0 radical (unpaired) electrons.